The molecule has 0 aliphatic heterocycles. The minimum atomic E-state index is -3.52. The summed E-state index contributed by atoms with van der Waals surface area (Å²) in [4.78, 5) is 11.8. The fourth-order valence-electron chi connectivity index (χ4n) is 1.64. The standard InChI is InChI=1S/C13H19IN2O4S/c1-20-9-3-8-15-13(17)10-16(21(2,18)19)12-6-4-11(14)5-7-12/h4-7H,3,8-10H2,1-2H3,(H,15,17). The van der Waals surface area contributed by atoms with Crippen LogP contribution in [0.15, 0.2) is 24.3 Å². The highest BCUT2D eigenvalue weighted by Crippen LogP contribution is 2.18. The molecule has 21 heavy (non-hydrogen) atoms. The average Bonchev–Trinajstić information content (AvgIpc) is 2.41. The number of methoxy groups -OCH3 is 1. The summed E-state index contributed by atoms with van der Waals surface area (Å²) in [6, 6.07) is 6.96. The minimum absolute atomic E-state index is 0.230. The van der Waals surface area contributed by atoms with E-state index in [0.29, 0.717) is 25.3 Å². The van der Waals surface area contributed by atoms with Gasteiger partial charge < -0.3 is 10.1 Å². The van der Waals surface area contributed by atoms with E-state index < -0.39 is 10.0 Å². The third-order valence-corrected chi connectivity index (χ3v) is 4.51. The van der Waals surface area contributed by atoms with Gasteiger partial charge in [0.05, 0.1) is 11.9 Å². The second-order valence-electron chi connectivity index (χ2n) is 4.44. The molecule has 1 N–H and O–H groups in total. The smallest absolute Gasteiger partial charge is 0.240 e. The Kier molecular flexibility index (Phi) is 7.40. The molecule has 0 aromatic heterocycles. The van der Waals surface area contributed by atoms with Gasteiger partial charge in [-0.2, -0.15) is 0 Å². The molecule has 0 radical (unpaired) electrons. The van der Waals surface area contributed by atoms with E-state index in [-0.39, 0.29) is 12.5 Å². The van der Waals surface area contributed by atoms with Crippen molar-refractivity contribution in [2.24, 2.45) is 0 Å². The molecule has 1 amide bonds. The van der Waals surface area contributed by atoms with E-state index in [0.717, 1.165) is 14.1 Å². The zero-order valence-corrected chi connectivity index (χ0v) is 15.0. The number of halogens is 1. The lowest BCUT2D eigenvalue weighted by Crippen LogP contribution is -2.40. The van der Waals surface area contributed by atoms with Gasteiger partial charge in [-0.25, -0.2) is 8.42 Å². The predicted octanol–water partition coefficient (Wildman–Crippen LogP) is 1.21. The lowest BCUT2D eigenvalue weighted by molar-refractivity contribution is -0.119. The number of hydrogen-bond donors (Lipinski definition) is 1. The number of sulfonamides is 1. The maximum absolute atomic E-state index is 11.9. The van der Waals surface area contributed by atoms with E-state index in [1.807, 2.05) is 0 Å². The third kappa shape index (κ3) is 6.62. The van der Waals surface area contributed by atoms with Crippen LogP contribution in [-0.4, -0.2) is 47.4 Å². The Morgan fingerprint density at radius 2 is 1.95 bits per heavy atom. The molecule has 0 saturated carbocycles. The Balaban J connectivity index is 2.72. The molecule has 1 aromatic rings. The number of nitrogens with one attached hydrogen (secondary N) is 1. The van der Waals surface area contributed by atoms with Crippen LogP contribution in [0.5, 0.6) is 0 Å². The fourth-order valence-corrected chi connectivity index (χ4v) is 2.85. The highest BCUT2D eigenvalue weighted by atomic mass is 127. The predicted molar refractivity (Wildman–Crippen MR) is 90.9 cm³/mol. The Morgan fingerprint density at radius 1 is 1.33 bits per heavy atom. The number of anilines is 1. The van der Waals surface area contributed by atoms with Crippen molar-refractivity contribution < 1.29 is 17.9 Å². The largest absolute Gasteiger partial charge is 0.385 e. The van der Waals surface area contributed by atoms with Gasteiger partial charge in [-0.3, -0.25) is 9.10 Å². The van der Waals surface area contributed by atoms with Gasteiger partial charge in [-0.05, 0) is 53.3 Å². The van der Waals surface area contributed by atoms with Gasteiger partial charge in [-0.1, -0.05) is 0 Å². The van der Waals surface area contributed by atoms with Gasteiger partial charge >= 0.3 is 0 Å². The van der Waals surface area contributed by atoms with E-state index in [1.165, 1.54) is 0 Å². The van der Waals surface area contributed by atoms with Crippen LogP contribution in [0.2, 0.25) is 0 Å². The molecular weight excluding hydrogens is 407 g/mol. The molecule has 0 unspecified atom stereocenters. The van der Waals surface area contributed by atoms with Crippen molar-refractivity contribution in [3.05, 3.63) is 27.8 Å². The second kappa shape index (κ2) is 8.54. The molecule has 0 saturated heterocycles. The number of carbonyl (C=O) groups is 1. The Labute approximate surface area is 139 Å². The number of nitrogens with zero attached hydrogens (tertiary/aromatic N) is 1. The summed E-state index contributed by atoms with van der Waals surface area (Å²) < 4.78 is 30.7. The van der Waals surface area contributed by atoms with Crippen LogP contribution >= 0.6 is 22.6 Å². The third-order valence-electron chi connectivity index (χ3n) is 2.65. The topological polar surface area (TPSA) is 75.7 Å². The fraction of sp³-hybridized carbons (Fsp3) is 0.462. The first-order valence-corrected chi connectivity index (χ1v) is 9.26. The van der Waals surface area contributed by atoms with E-state index in [2.05, 4.69) is 27.9 Å². The molecular formula is C13H19IN2O4S. The number of amides is 1. The SMILES string of the molecule is COCCCNC(=O)CN(c1ccc(I)cc1)S(C)(=O)=O. The summed E-state index contributed by atoms with van der Waals surface area (Å²) in [6.07, 6.45) is 1.77. The highest BCUT2D eigenvalue weighted by molar-refractivity contribution is 14.1. The van der Waals surface area contributed by atoms with Crippen molar-refractivity contribution in [1.82, 2.24) is 5.32 Å². The maximum Gasteiger partial charge on any atom is 0.240 e. The first kappa shape index (κ1) is 18.2. The normalized spacial score (nSPS) is 11.2. The molecule has 6 nitrogen and oxygen atoms in total. The van der Waals surface area contributed by atoms with Crippen LogP contribution in [-0.2, 0) is 19.6 Å². The lowest BCUT2D eigenvalue weighted by atomic mass is 10.3. The van der Waals surface area contributed by atoms with Crippen molar-refractivity contribution in [3.8, 4) is 0 Å². The number of ether oxygens (including phenoxy) is 1. The van der Waals surface area contributed by atoms with Gasteiger partial charge in [0.2, 0.25) is 15.9 Å². The monoisotopic (exact) mass is 426 g/mol. The molecule has 8 heteroatoms. The number of rotatable bonds is 8. The maximum atomic E-state index is 11.9. The summed E-state index contributed by atoms with van der Waals surface area (Å²) in [5, 5.41) is 2.67. The van der Waals surface area contributed by atoms with Gasteiger partial charge in [-0.15, -0.1) is 0 Å². The zero-order valence-electron chi connectivity index (χ0n) is 12.0. The summed E-state index contributed by atoms with van der Waals surface area (Å²) in [5.41, 5.74) is 0.477. The number of benzene rings is 1. The number of hydrogen-bond acceptors (Lipinski definition) is 4. The van der Waals surface area contributed by atoms with Gasteiger partial charge in [0.1, 0.15) is 6.54 Å². The van der Waals surface area contributed by atoms with Crippen LogP contribution < -0.4 is 9.62 Å². The summed E-state index contributed by atoms with van der Waals surface area (Å²) in [6.45, 7) is 0.774. The Bertz CT molecular complexity index is 560. The van der Waals surface area contributed by atoms with E-state index in [4.69, 9.17) is 4.74 Å². The molecule has 118 valence electrons. The van der Waals surface area contributed by atoms with E-state index >= 15 is 0 Å². The Hall–Kier alpha value is -0.870. The van der Waals surface area contributed by atoms with Crippen LogP contribution in [0.3, 0.4) is 0 Å². The molecule has 0 bridgehead atoms. The van der Waals surface area contributed by atoms with E-state index in [9.17, 15) is 13.2 Å². The quantitative estimate of drug-likeness (QED) is 0.501. The summed E-state index contributed by atoms with van der Waals surface area (Å²) in [5.74, 6) is -0.338. The van der Waals surface area contributed by atoms with Crippen molar-refractivity contribution in [2.75, 3.05) is 37.4 Å². The van der Waals surface area contributed by atoms with Gasteiger partial charge in [0.15, 0.2) is 0 Å². The van der Waals surface area contributed by atoms with Crippen LogP contribution in [0.25, 0.3) is 0 Å². The summed E-state index contributed by atoms with van der Waals surface area (Å²) >= 11 is 2.13. The summed E-state index contributed by atoms with van der Waals surface area (Å²) in [7, 11) is -1.93. The van der Waals surface area contributed by atoms with Crippen molar-refractivity contribution >= 4 is 44.2 Å². The van der Waals surface area contributed by atoms with E-state index in [1.54, 1.807) is 31.4 Å². The first-order valence-electron chi connectivity index (χ1n) is 6.33. The molecule has 0 fully saturated rings. The number of carbonyl (C=O) groups excluding carboxylic acids is 1. The molecule has 0 atom stereocenters. The van der Waals surface area contributed by atoms with Crippen molar-refractivity contribution in [3.63, 3.8) is 0 Å². The van der Waals surface area contributed by atoms with Crippen molar-refractivity contribution in [1.29, 1.82) is 0 Å². The zero-order chi connectivity index (χ0) is 15.9. The first-order chi connectivity index (χ1) is 9.84. The molecule has 1 aromatic carbocycles. The van der Waals surface area contributed by atoms with Crippen LogP contribution in [0.4, 0.5) is 5.69 Å². The molecule has 0 heterocycles. The van der Waals surface area contributed by atoms with Crippen LogP contribution in [0, 0.1) is 3.57 Å². The lowest BCUT2D eigenvalue weighted by Gasteiger charge is -2.21. The Morgan fingerprint density at radius 3 is 2.48 bits per heavy atom. The van der Waals surface area contributed by atoms with Crippen LogP contribution in [0.1, 0.15) is 6.42 Å². The highest BCUT2D eigenvalue weighted by Gasteiger charge is 2.20. The van der Waals surface area contributed by atoms with Crippen molar-refractivity contribution in [2.45, 2.75) is 6.42 Å². The van der Waals surface area contributed by atoms with Gasteiger partial charge in [0, 0.05) is 23.8 Å². The second-order valence-corrected chi connectivity index (χ2v) is 7.59. The average molecular weight is 426 g/mol. The molecule has 1 rings (SSSR count). The molecule has 0 aliphatic rings. The molecule has 0 aliphatic carbocycles. The minimum Gasteiger partial charge on any atom is -0.385 e. The molecule has 0 spiro atoms. The van der Waals surface area contributed by atoms with Gasteiger partial charge in [0.25, 0.3) is 0 Å².